The van der Waals surface area contributed by atoms with Crippen LogP contribution in [0.15, 0.2) is 42.6 Å². The second-order valence-corrected chi connectivity index (χ2v) is 5.28. The van der Waals surface area contributed by atoms with Crippen molar-refractivity contribution in [3.05, 3.63) is 53.7 Å². The lowest BCUT2D eigenvalue weighted by atomic mass is 10.1. The molecule has 0 amide bonds. The highest BCUT2D eigenvalue weighted by Crippen LogP contribution is 2.31. The van der Waals surface area contributed by atoms with Crippen LogP contribution in [0.3, 0.4) is 0 Å². The van der Waals surface area contributed by atoms with E-state index in [2.05, 4.69) is 5.10 Å². The Morgan fingerprint density at radius 3 is 2.33 bits per heavy atom. The standard InChI is InChI=1S/C18H18N2O4/c1-22-16-8-14-11-20(19-15(14)9-17(16)23-2)10-12-4-6-13(7-5-12)18(21)24-3/h4-9,11H,10H2,1-3H3. The number of benzene rings is 2. The Kier molecular flexibility index (Phi) is 4.37. The second-order valence-electron chi connectivity index (χ2n) is 5.28. The largest absolute Gasteiger partial charge is 0.493 e. The lowest BCUT2D eigenvalue weighted by Gasteiger charge is -2.06. The summed E-state index contributed by atoms with van der Waals surface area (Å²) in [5.74, 6) is 0.982. The Hall–Kier alpha value is -3.02. The Labute approximate surface area is 139 Å². The summed E-state index contributed by atoms with van der Waals surface area (Å²) in [6, 6.07) is 11.0. The van der Waals surface area contributed by atoms with E-state index in [0.29, 0.717) is 23.6 Å². The van der Waals surface area contributed by atoms with Crippen molar-refractivity contribution >= 4 is 16.9 Å². The first-order valence-electron chi connectivity index (χ1n) is 7.41. The fraction of sp³-hybridized carbons (Fsp3) is 0.222. The third-order valence-corrected chi connectivity index (χ3v) is 3.78. The topological polar surface area (TPSA) is 62.6 Å². The molecular weight excluding hydrogens is 308 g/mol. The molecule has 0 fully saturated rings. The fourth-order valence-electron chi connectivity index (χ4n) is 2.53. The van der Waals surface area contributed by atoms with Crippen molar-refractivity contribution < 1.29 is 19.0 Å². The molecule has 3 rings (SSSR count). The van der Waals surface area contributed by atoms with E-state index in [1.807, 2.05) is 35.1 Å². The summed E-state index contributed by atoms with van der Waals surface area (Å²) in [7, 11) is 4.58. The van der Waals surface area contributed by atoms with E-state index in [1.54, 1.807) is 26.4 Å². The van der Waals surface area contributed by atoms with Gasteiger partial charge in [0.25, 0.3) is 0 Å². The van der Waals surface area contributed by atoms with E-state index in [0.717, 1.165) is 16.5 Å². The molecule has 0 aliphatic carbocycles. The van der Waals surface area contributed by atoms with E-state index in [9.17, 15) is 4.79 Å². The van der Waals surface area contributed by atoms with E-state index in [4.69, 9.17) is 14.2 Å². The number of methoxy groups -OCH3 is 3. The summed E-state index contributed by atoms with van der Waals surface area (Å²) in [6.45, 7) is 0.598. The van der Waals surface area contributed by atoms with Crippen LogP contribution in [0.2, 0.25) is 0 Å². The van der Waals surface area contributed by atoms with Gasteiger partial charge in [0.1, 0.15) is 0 Å². The van der Waals surface area contributed by atoms with E-state index >= 15 is 0 Å². The van der Waals surface area contributed by atoms with Gasteiger partial charge in [0, 0.05) is 17.6 Å². The summed E-state index contributed by atoms with van der Waals surface area (Å²) in [5.41, 5.74) is 2.40. The van der Waals surface area contributed by atoms with Crippen LogP contribution in [0.1, 0.15) is 15.9 Å². The van der Waals surface area contributed by atoms with Crippen LogP contribution in [-0.2, 0) is 11.3 Å². The van der Waals surface area contributed by atoms with Crippen molar-refractivity contribution in [1.29, 1.82) is 0 Å². The van der Waals surface area contributed by atoms with Gasteiger partial charge in [0.2, 0.25) is 0 Å². The minimum atomic E-state index is -0.342. The number of hydrogen-bond acceptors (Lipinski definition) is 5. The van der Waals surface area contributed by atoms with Crippen LogP contribution in [0.25, 0.3) is 10.9 Å². The zero-order valence-corrected chi connectivity index (χ0v) is 13.8. The van der Waals surface area contributed by atoms with Gasteiger partial charge in [0.15, 0.2) is 11.5 Å². The highest BCUT2D eigenvalue weighted by atomic mass is 16.5. The van der Waals surface area contributed by atoms with Crippen molar-refractivity contribution in [3.63, 3.8) is 0 Å². The summed E-state index contributed by atoms with van der Waals surface area (Å²) in [6.07, 6.45) is 1.95. The number of nitrogens with zero attached hydrogens (tertiary/aromatic N) is 2. The number of rotatable bonds is 5. The lowest BCUT2D eigenvalue weighted by molar-refractivity contribution is 0.0600. The average molecular weight is 326 g/mol. The van der Waals surface area contributed by atoms with Gasteiger partial charge in [-0.15, -0.1) is 0 Å². The lowest BCUT2D eigenvalue weighted by Crippen LogP contribution is -2.03. The molecule has 0 spiro atoms. The van der Waals surface area contributed by atoms with Gasteiger partial charge in [-0.25, -0.2) is 4.79 Å². The fourth-order valence-corrected chi connectivity index (χ4v) is 2.53. The maximum atomic E-state index is 11.5. The Bertz CT molecular complexity index is 828. The number of fused-ring (bicyclic) bond motifs is 1. The average Bonchev–Trinajstić information content (AvgIpc) is 3.01. The minimum Gasteiger partial charge on any atom is -0.493 e. The number of aromatic nitrogens is 2. The maximum Gasteiger partial charge on any atom is 0.337 e. The number of hydrogen-bond donors (Lipinski definition) is 0. The van der Waals surface area contributed by atoms with Crippen LogP contribution < -0.4 is 9.47 Å². The second kappa shape index (κ2) is 6.62. The van der Waals surface area contributed by atoms with Crippen molar-refractivity contribution in [2.75, 3.05) is 21.3 Å². The van der Waals surface area contributed by atoms with Crippen LogP contribution in [-0.4, -0.2) is 37.1 Å². The Balaban J connectivity index is 1.86. The molecule has 2 aromatic carbocycles. The first-order chi connectivity index (χ1) is 11.6. The molecule has 0 bridgehead atoms. The normalized spacial score (nSPS) is 10.6. The molecule has 0 saturated carbocycles. The third-order valence-electron chi connectivity index (χ3n) is 3.78. The number of ether oxygens (including phenoxy) is 3. The van der Waals surface area contributed by atoms with E-state index < -0.39 is 0 Å². The molecule has 0 radical (unpaired) electrons. The Morgan fingerprint density at radius 1 is 1.04 bits per heavy atom. The molecule has 0 saturated heterocycles. The highest BCUT2D eigenvalue weighted by molar-refractivity contribution is 5.89. The zero-order chi connectivity index (χ0) is 17.1. The summed E-state index contributed by atoms with van der Waals surface area (Å²) < 4.78 is 17.2. The van der Waals surface area contributed by atoms with Crippen molar-refractivity contribution in [2.45, 2.75) is 6.54 Å². The summed E-state index contributed by atoms with van der Waals surface area (Å²) in [4.78, 5) is 11.5. The van der Waals surface area contributed by atoms with Gasteiger partial charge >= 0.3 is 5.97 Å². The van der Waals surface area contributed by atoms with Crippen molar-refractivity contribution in [2.24, 2.45) is 0 Å². The van der Waals surface area contributed by atoms with Crippen LogP contribution in [0, 0.1) is 0 Å². The van der Waals surface area contributed by atoms with Gasteiger partial charge in [-0.3, -0.25) is 4.68 Å². The van der Waals surface area contributed by atoms with Gasteiger partial charge in [-0.2, -0.15) is 5.10 Å². The van der Waals surface area contributed by atoms with Gasteiger partial charge in [-0.1, -0.05) is 12.1 Å². The molecule has 1 heterocycles. The highest BCUT2D eigenvalue weighted by Gasteiger charge is 2.10. The maximum absolute atomic E-state index is 11.5. The third kappa shape index (κ3) is 3.03. The van der Waals surface area contributed by atoms with E-state index in [-0.39, 0.29) is 5.97 Å². The van der Waals surface area contributed by atoms with Crippen LogP contribution in [0.4, 0.5) is 0 Å². The number of esters is 1. The molecule has 0 unspecified atom stereocenters. The zero-order valence-electron chi connectivity index (χ0n) is 13.8. The minimum absolute atomic E-state index is 0.342. The van der Waals surface area contributed by atoms with E-state index in [1.165, 1.54) is 7.11 Å². The number of carbonyl (C=O) groups excluding carboxylic acids is 1. The first-order valence-corrected chi connectivity index (χ1v) is 7.41. The summed E-state index contributed by atoms with van der Waals surface area (Å²) >= 11 is 0. The number of carbonyl (C=O) groups is 1. The molecule has 1 aromatic heterocycles. The molecule has 24 heavy (non-hydrogen) atoms. The monoisotopic (exact) mass is 326 g/mol. The molecule has 6 nitrogen and oxygen atoms in total. The molecule has 3 aromatic rings. The summed E-state index contributed by atoms with van der Waals surface area (Å²) in [5, 5.41) is 5.53. The molecule has 124 valence electrons. The SMILES string of the molecule is COC(=O)c1ccc(Cn2cc3cc(OC)c(OC)cc3n2)cc1. The van der Waals surface area contributed by atoms with Crippen molar-refractivity contribution in [1.82, 2.24) is 9.78 Å². The van der Waals surface area contributed by atoms with Gasteiger partial charge in [0.05, 0.1) is 39.0 Å². The Morgan fingerprint density at radius 2 is 1.71 bits per heavy atom. The first kappa shape index (κ1) is 15.9. The molecule has 0 aliphatic heterocycles. The molecule has 6 heteroatoms. The van der Waals surface area contributed by atoms with Gasteiger partial charge in [-0.05, 0) is 23.8 Å². The smallest absolute Gasteiger partial charge is 0.337 e. The van der Waals surface area contributed by atoms with Crippen LogP contribution >= 0.6 is 0 Å². The molecular formula is C18H18N2O4. The quantitative estimate of drug-likeness (QED) is 0.675. The predicted octanol–water partition coefficient (Wildman–Crippen LogP) is 2.89. The molecule has 0 atom stereocenters. The molecule has 0 aliphatic rings. The van der Waals surface area contributed by atoms with Crippen molar-refractivity contribution in [3.8, 4) is 11.5 Å². The molecule has 0 N–H and O–H groups in total. The predicted molar refractivity (Wildman–Crippen MR) is 89.7 cm³/mol. The van der Waals surface area contributed by atoms with Gasteiger partial charge < -0.3 is 14.2 Å². The van der Waals surface area contributed by atoms with Crippen LogP contribution in [0.5, 0.6) is 11.5 Å².